The van der Waals surface area contributed by atoms with Gasteiger partial charge in [-0.05, 0) is 6.42 Å². The van der Waals surface area contributed by atoms with E-state index in [9.17, 15) is 13.0 Å². The summed E-state index contributed by atoms with van der Waals surface area (Å²) in [4.78, 5) is 0. The van der Waals surface area contributed by atoms with Crippen LogP contribution in [0.3, 0.4) is 0 Å². The third kappa shape index (κ3) is 10.8. The van der Waals surface area contributed by atoms with Crippen molar-refractivity contribution in [3.05, 3.63) is 91.0 Å². The second-order valence-electron chi connectivity index (χ2n) is 9.08. The Balaban J connectivity index is 0.000000262. The molecule has 0 aliphatic rings. The van der Waals surface area contributed by atoms with E-state index in [-0.39, 0.29) is 5.75 Å². The fourth-order valence-electron chi connectivity index (χ4n) is 4.13. The summed E-state index contributed by atoms with van der Waals surface area (Å²) in [5, 5.41) is 2.62. The fourth-order valence-corrected chi connectivity index (χ4v) is 7.37. The van der Waals surface area contributed by atoms with Crippen molar-refractivity contribution < 1.29 is 17.5 Å². The Morgan fingerprint density at radius 2 is 0.861 bits per heavy atom. The molecule has 36 heavy (non-hydrogen) atoms. The standard InChI is InChI=1S/C18H15OP.C12H26O3S/c19-20(16-10-4-1-5-11-16,17-12-6-2-7-13-17)18-14-8-3-9-15-18;1-2-3-4-5-6-7-8-9-10-11-12-16(13,14)15/h1-15H;2-12H2,1H3,(H,13,14,15). The minimum atomic E-state index is -3.73. The van der Waals surface area contributed by atoms with Crippen molar-refractivity contribution in [2.45, 2.75) is 71.1 Å². The second-order valence-corrected chi connectivity index (χ2v) is 13.4. The first kappa shape index (κ1) is 30.0. The van der Waals surface area contributed by atoms with E-state index in [1.54, 1.807) is 0 Å². The van der Waals surface area contributed by atoms with Gasteiger partial charge in [0.15, 0.2) is 7.14 Å². The highest BCUT2D eigenvalue weighted by Gasteiger charge is 2.28. The largest absolute Gasteiger partial charge is 0.309 e. The zero-order valence-corrected chi connectivity index (χ0v) is 23.2. The summed E-state index contributed by atoms with van der Waals surface area (Å²) in [5.74, 6) is -0.0799. The van der Waals surface area contributed by atoms with Crippen molar-refractivity contribution in [2.75, 3.05) is 5.75 Å². The van der Waals surface area contributed by atoms with Crippen LogP contribution in [0.2, 0.25) is 0 Å². The Kier molecular flexibility index (Phi) is 13.8. The lowest BCUT2D eigenvalue weighted by atomic mass is 10.1. The van der Waals surface area contributed by atoms with Gasteiger partial charge in [-0.25, -0.2) is 0 Å². The molecule has 0 unspecified atom stereocenters. The van der Waals surface area contributed by atoms with Gasteiger partial charge in [0.05, 0.1) is 5.75 Å². The first-order valence-corrected chi connectivity index (χ1v) is 16.4. The molecule has 6 heteroatoms. The van der Waals surface area contributed by atoms with Crippen molar-refractivity contribution in [2.24, 2.45) is 0 Å². The van der Waals surface area contributed by atoms with Gasteiger partial charge in [-0.3, -0.25) is 4.55 Å². The molecule has 3 aromatic rings. The van der Waals surface area contributed by atoms with Gasteiger partial charge in [0.2, 0.25) is 0 Å². The van der Waals surface area contributed by atoms with Crippen molar-refractivity contribution >= 4 is 33.2 Å². The van der Waals surface area contributed by atoms with E-state index in [1.165, 1.54) is 44.9 Å². The lowest BCUT2D eigenvalue weighted by molar-refractivity contribution is 0.478. The molecule has 0 fully saturated rings. The Bertz CT molecular complexity index is 1010. The van der Waals surface area contributed by atoms with Gasteiger partial charge in [-0.2, -0.15) is 8.42 Å². The average molecular weight is 529 g/mol. The van der Waals surface area contributed by atoms with E-state index in [2.05, 4.69) is 6.92 Å². The summed E-state index contributed by atoms with van der Waals surface area (Å²) in [5.41, 5.74) is 0. The topological polar surface area (TPSA) is 71.4 Å². The Morgan fingerprint density at radius 3 is 1.17 bits per heavy atom. The number of benzene rings is 3. The maximum atomic E-state index is 13.8. The molecule has 196 valence electrons. The second kappa shape index (κ2) is 16.5. The van der Waals surface area contributed by atoms with E-state index in [0.717, 1.165) is 28.8 Å². The molecular weight excluding hydrogens is 487 g/mol. The van der Waals surface area contributed by atoms with E-state index in [0.29, 0.717) is 6.42 Å². The lowest BCUT2D eigenvalue weighted by Crippen LogP contribution is -2.24. The van der Waals surface area contributed by atoms with Crippen LogP contribution in [-0.4, -0.2) is 18.7 Å². The molecule has 0 aliphatic heterocycles. The SMILES string of the molecule is CCCCCCCCCCCCS(=O)(=O)O.O=P(c1ccccc1)(c1ccccc1)c1ccccc1. The van der Waals surface area contributed by atoms with Gasteiger partial charge >= 0.3 is 0 Å². The van der Waals surface area contributed by atoms with Crippen molar-refractivity contribution in [3.8, 4) is 0 Å². The van der Waals surface area contributed by atoms with Crippen LogP contribution >= 0.6 is 7.14 Å². The van der Waals surface area contributed by atoms with Crippen LogP contribution in [0.5, 0.6) is 0 Å². The first-order valence-electron chi connectivity index (χ1n) is 13.1. The molecule has 0 bridgehead atoms. The van der Waals surface area contributed by atoms with Crippen LogP contribution in [0, 0.1) is 0 Å². The first-order chi connectivity index (χ1) is 17.4. The number of unbranched alkanes of at least 4 members (excludes halogenated alkanes) is 9. The van der Waals surface area contributed by atoms with Crippen molar-refractivity contribution in [1.29, 1.82) is 0 Å². The van der Waals surface area contributed by atoms with Crippen LogP contribution in [0.15, 0.2) is 91.0 Å². The van der Waals surface area contributed by atoms with Crippen LogP contribution in [0.25, 0.3) is 0 Å². The van der Waals surface area contributed by atoms with E-state index in [1.807, 2.05) is 91.0 Å². The molecule has 0 spiro atoms. The predicted molar refractivity (Wildman–Crippen MR) is 154 cm³/mol. The highest BCUT2D eigenvalue weighted by Crippen LogP contribution is 2.41. The van der Waals surface area contributed by atoms with Gasteiger partial charge in [-0.15, -0.1) is 0 Å². The molecule has 0 aliphatic carbocycles. The smallest absolute Gasteiger partial charge is 0.264 e. The van der Waals surface area contributed by atoms with Crippen LogP contribution in [-0.2, 0) is 14.7 Å². The Labute approximate surface area is 218 Å². The Morgan fingerprint density at radius 1 is 0.556 bits per heavy atom. The molecule has 0 radical (unpaired) electrons. The van der Waals surface area contributed by atoms with Gasteiger partial charge in [0.25, 0.3) is 10.1 Å². The molecule has 0 heterocycles. The minimum Gasteiger partial charge on any atom is -0.309 e. The van der Waals surface area contributed by atoms with Gasteiger partial charge in [0, 0.05) is 15.9 Å². The quantitative estimate of drug-likeness (QED) is 0.137. The summed E-state index contributed by atoms with van der Waals surface area (Å²) in [6, 6.07) is 29.1. The monoisotopic (exact) mass is 528 g/mol. The molecule has 0 saturated carbocycles. The van der Waals surface area contributed by atoms with Gasteiger partial charge in [-0.1, -0.05) is 156 Å². The molecule has 1 N–H and O–H groups in total. The highest BCUT2D eigenvalue weighted by atomic mass is 32.2. The highest BCUT2D eigenvalue weighted by molar-refractivity contribution is 7.85. The molecule has 4 nitrogen and oxygen atoms in total. The predicted octanol–water partition coefficient (Wildman–Crippen LogP) is 7.12. The van der Waals surface area contributed by atoms with Crippen LogP contribution in [0.1, 0.15) is 71.1 Å². The third-order valence-electron chi connectivity index (χ3n) is 6.12. The maximum absolute atomic E-state index is 13.8. The number of rotatable bonds is 14. The zero-order chi connectivity index (χ0) is 26.1. The summed E-state index contributed by atoms with van der Waals surface area (Å²) in [7, 11) is -6.51. The van der Waals surface area contributed by atoms with E-state index < -0.39 is 17.3 Å². The van der Waals surface area contributed by atoms with Crippen LogP contribution < -0.4 is 15.9 Å². The summed E-state index contributed by atoms with van der Waals surface area (Å²) < 4.78 is 43.2. The van der Waals surface area contributed by atoms with E-state index in [4.69, 9.17) is 4.55 Å². The summed E-state index contributed by atoms with van der Waals surface area (Å²) in [6.07, 6.45) is 11.7. The molecule has 0 amide bonds. The molecular formula is C30H41O4PS. The normalized spacial score (nSPS) is 11.5. The van der Waals surface area contributed by atoms with Crippen molar-refractivity contribution in [3.63, 3.8) is 0 Å². The summed E-state index contributed by atoms with van der Waals surface area (Å²) in [6.45, 7) is 2.22. The van der Waals surface area contributed by atoms with Crippen LogP contribution in [0.4, 0.5) is 0 Å². The van der Waals surface area contributed by atoms with E-state index >= 15 is 0 Å². The lowest BCUT2D eigenvalue weighted by Gasteiger charge is -2.19. The molecule has 3 rings (SSSR count). The Hall–Kier alpha value is -2.20. The summed E-state index contributed by atoms with van der Waals surface area (Å²) >= 11 is 0. The molecule has 3 aromatic carbocycles. The van der Waals surface area contributed by atoms with Gasteiger partial charge < -0.3 is 4.57 Å². The third-order valence-corrected chi connectivity index (χ3v) is 10.00. The molecule has 0 aromatic heterocycles. The van der Waals surface area contributed by atoms with Gasteiger partial charge in [0.1, 0.15) is 0 Å². The average Bonchev–Trinajstić information content (AvgIpc) is 2.90. The fraction of sp³-hybridized carbons (Fsp3) is 0.400. The molecule has 0 saturated heterocycles. The number of hydrogen-bond donors (Lipinski definition) is 1. The maximum Gasteiger partial charge on any atom is 0.264 e. The minimum absolute atomic E-state index is 0.0799. The molecule has 0 atom stereocenters. The zero-order valence-electron chi connectivity index (χ0n) is 21.5. The number of hydrogen-bond acceptors (Lipinski definition) is 3. The van der Waals surface area contributed by atoms with Crippen molar-refractivity contribution in [1.82, 2.24) is 0 Å².